The summed E-state index contributed by atoms with van der Waals surface area (Å²) in [5.74, 6) is 1.22. The van der Waals surface area contributed by atoms with Crippen LogP contribution in [0, 0.1) is 5.92 Å². The molecular weight excluding hydrogens is 276 g/mol. The second-order valence-corrected chi connectivity index (χ2v) is 5.77. The first-order valence-electron chi connectivity index (χ1n) is 7.32. The van der Waals surface area contributed by atoms with Crippen molar-refractivity contribution in [3.63, 3.8) is 0 Å². The lowest BCUT2D eigenvalue weighted by Crippen LogP contribution is -2.18. The Morgan fingerprint density at radius 2 is 1.90 bits per heavy atom. The van der Waals surface area contributed by atoms with Gasteiger partial charge in [-0.2, -0.15) is 15.0 Å². The summed E-state index contributed by atoms with van der Waals surface area (Å²) in [7, 11) is 0. The van der Waals surface area contributed by atoms with E-state index >= 15 is 0 Å². The number of nitrogens with zero attached hydrogens (tertiary/aromatic N) is 3. The summed E-state index contributed by atoms with van der Waals surface area (Å²) in [6.45, 7) is 9.19. The Morgan fingerprint density at radius 1 is 1.15 bits per heavy atom. The van der Waals surface area contributed by atoms with Gasteiger partial charge in [0.25, 0.3) is 0 Å². The van der Waals surface area contributed by atoms with Gasteiger partial charge in [-0.1, -0.05) is 33.6 Å². The van der Waals surface area contributed by atoms with Gasteiger partial charge in [0.2, 0.25) is 11.2 Å². The van der Waals surface area contributed by atoms with Crippen LogP contribution in [-0.4, -0.2) is 27.6 Å². The number of ether oxygens (including phenoxy) is 1. The number of rotatable bonds is 9. The van der Waals surface area contributed by atoms with E-state index in [1.807, 2.05) is 6.92 Å². The first-order chi connectivity index (χ1) is 9.51. The quantitative estimate of drug-likeness (QED) is 0.748. The Bertz CT molecular complexity index is 401. The van der Waals surface area contributed by atoms with Crippen LogP contribution in [0.1, 0.15) is 53.4 Å². The molecule has 0 bridgehead atoms. The van der Waals surface area contributed by atoms with Gasteiger partial charge in [-0.3, -0.25) is 0 Å². The molecule has 0 fully saturated rings. The molecular formula is C14H25ClN4O. The summed E-state index contributed by atoms with van der Waals surface area (Å²) in [4.78, 5) is 12.2. The zero-order chi connectivity index (χ0) is 15.0. The van der Waals surface area contributed by atoms with Crippen LogP contribution in [0.3, 0.4) is 0 Å². The van der Waals surface area contributed by atoms with Gasteiger partial charge in [0.05, 0.1) is 6.61 Å². The lowest BCUT2D eigenvalue weighted by atomic mass is 10.0. The molecule has 0 saturated heterocycles. The molecule has 0 aliphatic heterocycles. The standard InChI is InChI=1S/C14H25ClN4O/c1-5-9-20-14-18-12(15)17-13(19-14)16-11(4)8-6-7-10(2)3/h10-11H,5-9H2,1-4H3,(H,16,17,18,19). The van der Waals surface area contributed by atoms with Crippen LogP contribution in [0.4, 0.5) is 5.95 Å². The van der Waals surface area contributed by atoms with Crippen molar-refractivity contribution in [1.29, 1.82) is 0 Å². The van der Waals surface area contributed by atoms with Gasteiger partial charge in [-0.05, 0) is 37.3 Å². The largest absolute Gasteiger partial charge is 0.463 e. The number of nitrogens with one attached hydrogen (secondary N) is 1. The van der Waals surface area contributed by atoms with Gasteiger partial charge in [-0.25, -0.2) is 0 Å². The molecule has 1 unspecified atom stereocenters. The van der Waals surface area contributed by atoms with Gasteiger partial charge in [0.1, 0.15) is 0 Å². The van der Waals surface area contributed by atoms with Crippen LogP contribution in [0.5, 0.6) is 6.01 Å². The van der Waals surface area contributed by atoms with Crippen molar-refractivity contribution < 1.29 is 4.74 Å². The molecule has 1 N–H and O–H groups in total. The fraction of sp³-hybridized carbons (Fsp3) is 0.786. The second kappa shape index (κ2) is 8.95. The van der Waals surface area contributed by atoms with Crippen molar-refractivity contribution in [3.8, 4) is 6.01 Å². The number of anilines is 1. The van der Waals surface area contributed by atoms with Crippen LogP contribution in [0.25, 0.3) is 0 Å². The lowest BCUT2D eigenvalue weighted by molar-refractivity contribution is 0.291. The molecule has 1 atom stereocenters. The fourth-order valence-corrected chi connectivity index (χ4v) is 1.93. The Hall–Kier alpha value is -1.10. The molecule has 5 nitrogen and oxygen atoms in total. The average Bonchev–Trinajstić information content (AvgIpc) is 2.35. The minimum atomic E-state index is 0.156. The summed E-state index contributed by atoms with van der Waals surface area (Å²) in [6, 6.07) is 0.579. The van der Waals surface area contributed by atoms with E-state index in [-0.39, 0.29) is 11.3 Å². The van der Waals surface area contributed by atoms with Gasteiger partial charge < -0.3 is 10.1 Å². The van der Waals surface area contributed by atoms with Crippen LogP contribution in [-0.2, 0) is 0 Å². The molecule has 1 aromatic rings. The highest BCUT2D eigenvalue weighted by Gasteiger charge is 2.09. The second-order valence-electron chi connectivity index (χ2n) is 5.43. The third kappa shape index (κ3) is 6.89. The molecule has 1 aromatic heterocycles. The predicted molar refractivity (Wildman–Crippen MR) is 82.4 cm³/mol. The minimum absolute atomic E-state index is 0.156. The van der Waals surface area contributed by atoms with Crippen LogP contribution in [0.15, 0.2) is 0 Å². The molecule has 1 rings (SSSR count). The Kier molecular flexibility index (Phi) is 7.59. The first kappa shape index (κ1) is 17.0. The van der Waals surface area contributed by atoms with E-state index in [2.05, 4.69) is 41.0 Å². The van der Waals surface area contributed by atoms with Gasteiger partial charge >= 0.3 is 6.01 Å². The first-order valence-corrected chi connectivity index (χ1v) is 7.70. The van der Waals surface area contributed by atoms with E-state index in [4.69, 9.17) is 16.3 Å². The monoisotopic (exact) mass is 300 g/mol. The molecule has 1 heterocycles. The van der Waals surface area contributed by atoms with Crippen molar-refractivity contribution in [3.05, 3.63) is 5.28 Å². The molecule has 114 valence electrons. The Balaban J connectivity index is 2.51. The third-order valence-corrected chi connectivity index (χ3v) is 2.99. The number of hydrogen-bond donors (Lipinski definition) is 1. The van der Waals surface area contributed by atoms with E-state index in [9.17, 15) is 0 Å². The summed E-state index contributed by atoms with van der Waals surface area (Å²) >= 11 is 5.88. The van der Waals surface area contributed by atoms with E-state index in [0.29, 0.717) is 18.6 Å². The van der Waals surface area contributed by atoms with E-state index in [1.54, 1.807) is 0 Å². The minimum Gasteiger partial charge on any atom is -0.463 e. The molecule has 0 radical (unpaired) electrons. The average molecular weight is 301 g/mol. The van der Waals surface area contributed by atoms with E-state index in [0.717, 1.165) is 18.8 Å². The summed E-state index contributed by atoms with van der Waals surface area (Å²) in [5, 5.41) is 3.40. The lowest BCUT2D eigenvalue weighted by Gasteiger charge is -2.14. The van der Waals surface area contributed by atoms with Gasteiger partial charge in [0.15, 0.2) is 0 Å². The van der Waals surface area contributed by atoms with Crippen molar-refractivity contribution in [1.82, 2.24) is 15.0 Å². The van der Waals surface area contributed by atoms with E-state index in [1.165, 1.54) is 12.8 Å². The van der Waals surface area contributed by atoms with Crippen molar-refractivity contribution >= 4 is 17.5 Å². The van der Waals surface area contributed by atoms with E-state index < -0.39 is 0 Å². The summed E-state index contributed by atoms with van der Waals surface area (Å²) < 4.78 is 5.38. The maximum Gasteiger partial charge on any atom is 0.322 e. The Morgan fingerprint density at radius 3 is 2.55 bits per heavy atom. The topological polar surface area (TPSA) is 59.9 Å². The zero-order valence-electron chi connectivity index (χ0n) is 12.8. The smallest absolute Gasteiger partial charge is 0.322 e. The molecule has 0 aliphatic rings. The molecule has 0 saturated carbocycles. The van der Waals surface area contributed by atoms with Crippen molar-refractivity contribution in [2.45, 2.75) is 59.4 Å². The van der Waals surface area contributed by atoms with Crippen molar-refractivity contribution in [2.24, 2.45) is 5.92 Å². The maximum atomic E-state index is 5.88. The van der Waals surface area contributed by atoms with Crippen LogP contribution >= 0.6 is 11.6 Å². The van der Waals surface area contributed by atoms with Gasteiger partial charge in [-0.15, -0.1) is 0 Å². The van der Waals surface area contributed by atoms with Crippen LogP contribution < -0.4 is 10.1 Å². The highest BCUT2D eigenvalue weighted by molar-refractivity contribution is 6.28. The predicted octanol–water partition coefficient (Wildman–Crippen LogP) is 3.94. The fourth-order valence-electron chi connectivity index (χ4n) is 1.78. The van der Waals surface area contributed by atoms with Gasteiger partial charge in [0, 0.05) is 6.04 Å². The maximum absolute atomic E-state index is 5.88. The number of hydrogen-bond acceptors (Lipinski definition) is 5. The molecule has 0 spiro atoms. The molecule has 0 aromatic carbocycles. The highest BCUT2D eigenvalue weighted by Crippen LogP contribution is 2.14. The molecule has 0 amide bonds. The summed E-state index contributed by atoms with van der Waals surface area (Å²) in [6.07, 6.45) is 4.39. The third-order valence-electron chi connectivity index (χ3n) is 2.82. The number of aromatic nitrogens is 3. The molecule has 0 aliphatic carbocycles. The summed E-state index contributed by atoms with van der Waals surface area (Å²) in [5.41, 5.74) is 0. The normalized spacial score (nSPS) is 12.5. The zero-order valence-corrected chi connectivity index (χ0v) is 13.6. The highest BCUT2D eigenvalue weighted by atomic mass is 35.5. The molecule has 6 heteroatoms. The molecule has 20 heavy (non-hydrogen) atoms. The Labute approximate surface area is 126 Å². The number of halogens is 1. The SMILES string of the molecule is CCCOc1nc(Cl)nc(NC(C)CCCC(C)C)n1. The van der Waals surface area contributed by atoms with Crippen molar-refractivity contribution in [2.75, 3.05) is 11.9 Å². The van der Waals surface area contributed by atoms with Crippen LogP contribution in [0.2, 0.25) is 5.28 Å².